The van der Waals surface area contributed by atoms with E-state index in [1.165, 1.54) is 0 Å². The van der Waals surface area contributed by atoms with Crippen LogP contribution in [-0.2, 0) is 37.5 Å². The average Bonchev–Trinajstić information content (AvgIpc) is 2.29. The molecule has 0 unspecified atom stereocenters. The van der Waals surface area contributed by atoms with Crippen LogP contribution in [0.1, 0.15) is 0 Å². The van der Waals surface area contributed by atoms with Gasteiger partial charge in [0, 0.05) is 21.1 Å². The first-order chi connectivity index (χ1) is 7.73. The van der Waals surface area contributed by atoms with Crippen molar-refractivity contribution >= 4 is 37.1 Å². The normalized spacial score (nSPS) is 33.4. The van der Waals surface area contributed by atoms with Gasteiger partial charge in [-0.1, -0.05) is 22.8 Å². The predicted molar refractivity (Wildman–Crippen MR) is 73.7 cm³/mol. The van der Waals surface area contributed by atoms with Gasteiger partial charge in [-0.25, -0.2) is 0 Å². The van der Waals surface area contributed by atoms with Crippen LogP contribution in [0.3, 0.4) is 0 Å². The average molecular weight is 484 g/mol. The van der Waals surface area contributed by atoms with Gasteiger partial charge in [-0.2, -0.15) is 0 Å². The number of rotatable bonds is 4. The van der Waals surface area contributed by atoms with Crippen LogP contribution in [0.2, 0.25) is 0 Å². The van der Waals surface area contributed by atoms with Crippen molar-refractivity contribution in [3.05, 3.63) is 49.1 Å². The summed E-state index contributed by atoms with van der Waals surface area (Å²) in [7, 11) is -7.54. The molecule has 0 aromatic heterocycles. The minimum absolute atomic E-state index is 0. The quantitative estimate of drug-likeness (QED) is 0.522. The topological polar surface area (TPSA) is 36.9 Å². The summed E-state index contributed by atoms with van der Waals surface area (Å²) in [5.74, 6) is 0. The maximum atomic E-state index is 5.74. The Hall–Kier alpha value is 0.356. The van der Waals surface area contributed by atoms with Crippen LogP contribution in [0.25, 0.3) is 0 Å². The van der Waals surface area contributed by atoms with Crippen LogP contribution in [-0.4, -0.2) is 37.1 Å². The van der Waals surface area contributed by atoms with Crippen molar-refractivity contribution in [1.82, 2.24) is 0 Å². The SMILES string of the molecule is C=C[SiH]1O[SiH](C=C)O[SiH](C=C)O[SiH](C=C)O1.[Pt]. The second-order valence-electron chi connectivity index (χ2n) is 2.96. The van der Waals surface area contributed by atoms with Crippen LogP contribution < -0.4 is 0 Å². The van der Waals surface area contributed by atoms with Gasteiger partial charge >= 0.3 is 37.1 Å². The summed E-state index contributed by atoms with van der Waals surface area (Å²) in [6.45, 7) is 14.8. The molecule has 1 saturated heterocycles. The van der Waals surface area contributed by atoms with Crippen molar-refractivity contribution < 1.29 is 37.5 Å². The molecule has 1 aliphatic rings. The molecule has 0 atom stereocenters. The predicted octanol–water partition coefficient (Wildman–Crippen LogP) is -0.153. The van der Waals surface area contributed by atoms with Gasteiger partial charge in [0.05, 0.1) is 0 Å². The maximum Gasteiger partial charge on any atom is 0.330 e. The fraction of sp³-hybridized carbons (Fsp3) is 0. The first kappa shape index (κ1) is 17.4. The van der Waals surface area contributed by atoms with E-state index in [4.69, 9.17) is 16.5 Å². The summed E-state index contributed by atoms with van der Waals surface area (Å²) in [5.41, 5.74) is 6.87. The molecule has 0 saturated carbocycles. The van der Waals surface area contributed by atoms with Crippen LogP contribution in [0, 0.1) is 0 Å². The molecule has 0 radical (unpaired) electrons. The minimum Gasteiger partial charge on any atom is -0.414 e. The summed E-state index contributed by atoms with van der Waals surface area (Å²) in [4.78, 5) is 0. The second-order valence-corrected chi connectivity index (χ2v) is 12.1. The molecule has 1 rings (SSSR count). The van der Waals surface area contributed by atoms with Crippen molar-refractivity contribution in [2.45, 2.75) is 0 Å². The van der Waals surface area contributed by atoms with Crippen LogP contribution >= 0.6 is 0 Å². The Balaban J connectivity index is 0.00000256. The van der Waals surface area contributed by atoms with E-state index in [0.29, 0.717) is 0 Å². The Kier molecular flexibility index (Phi) is 9.50. The number of hydrogen-bond donors (Lipinski definition) is 0. The molecule has 0 amide bonds. The largest absolute Gasteiger partial charge is 0.414 e. The first-order valence-corrected chi connectivity index (χ1v) is 11.3. The van der Waals surface area contributed by atoms with E-state index >= 15 is 0 Å². The summed E-state index contributed by atoms with van der Waals surface area (Å²) >= 11 is 0. The molecule has 0 N–H and O–H groups in total. The minimum atomic E-state index is -1.89. The van der Waals surface area contributed by atoms with Crippen molar-refractivity contribution in [2.75, 3.05) is 0 Å². The van der Waals surface area contributed by atoms with Crippen LogP contribution in [0.5, 0.6) is 0 Å². The van der Waals surface area contributed by atoms with Crippen molar-refractivity contribution in [3.8, 4) is 0 Å². The second kappa shape index (κ2) is 9.31. The zero-order chi connectivity index (χ0) is 12.0. The van der Waals surface area contributed by atoms with Gasteiger partial charge in [0.2, 0.25) is 0 Å². The van der Waals surface area contributed by atoms with E-state index in [9.17, 15) is 0 Å². The molecule has 9 heteroatoms. The third-order valence-corrected chi connectivity index (χ3v) is 12.0. The van der Waals surface area contributed by atoms with E-state index in [1.807, 2.05) is 0 Å². The first-order valence-electron chi connectivity index (χ1n) is 4.85. The number of hydrogen-bond acceptors (Lipinski definition) is 4. The molecule has 17 heavy (non-hydrogen) atoms. The molecule has 0 bridgehead atoms. The van der Waals surface area contributed by atoms with Crippen molar-refractivity contribution in [1.29, 1.82) is 0 Å². The molecule has 0 aliphatic carbocycles. The molecule has 1 fully saturated rings. The van der Waals surface area contributed by atoms with Gasteiger partial charge in [0.1, 0.15) is 0 Å². The summed E-state index contributed by atoms with van der Waals surface area (Å²) in [6.07, 6.45) is 0. The Morgan fingerprint density at radius 1 is 0.529 bits per heavy atom. The fourth-order valence-corrected chi connectivity index (χ4v) is 12.2. The van der Waals surface area contributed by atoms with Gasteiger partial charge < -0.3 is 16.5 Å². The molecule has 1 aliphatic heterocycles. The molecule has 0 aromatic carbocycles. The Bertz CT molecular complexity index is 227. The zero-order valence-corrected chi connectivity index (χ0v) is 16.3. The zero-order valence-electron chi connectivity index (χ0n) is 9.40. The van der Waals surface area contributed by atoms with Gasteiger partial charge in [-0.05, 0) is 0 Å². The van der Waals surface area contributed by atoms with Gasteiger partial charge in [-0.3, -0.25) is 0 Å². The monoisotopic (exact) mass is 483 g/mol. The third-order valence-electron chi connectivity index (χ3n) is 1.84. The van der Waals surface area contributed by atoms with E-state index in [2.05, 4.69) is 26.3 Å². The van der Waals surface area contributed by atoms with Crippen LogP contribution in [0.15, 0.2) is 49.1 Å². The molecule has 1 heterocycles. The fourth-order valence-electron chi connectivity index (χ4n) is 1.10. The van der Waals surface area contributed by atoms with E-state index in [1.54, 1.807) is 22.8 Å². The Morgan fingerprint density at radius 2 is 0.706 bits per heavy atom. The van der Waals surface area contributed by atoms with Crippen molar-refractivity contribution in [2.24, 2.45) is 0 Å². The van der Waals surface area contributed by atoms with Gasteiger partial charge in [-0.15, -0.1) is 26.3 Å². The third kappa shape index (κ3) is 5.68. The van der Waals surface area contributed by atoms with Crippen molar-refractivity contribution in [3.63, 3.8) is 0 Å². The molecule has 98 valence electrons. The molecule has 4 nitrogen and oxygen atoms in total. The molecule has 0 aromatic rings. The smallest absolute Gasteiger partial charge is 0.330 e. The van der Waals surface area contributed by atoms with Gasteiger partial charge in [0.15, 0.2) is 0 Å². The van der Waals surface area contributed by atoms with E-state index in [0.717, 1.165) is 0 Å². The summed E-state index contributed by atoms with van der Waals surface area (Å²) in [5, 5.41) is 0. The van der Waals surface area contributed by atoms with E-state index < -0.39 is 37.1 Å². The Morgan fingerprint density at radius 3 is 0.824 bits per heavy atom. The Labute approximate surface area is 123 Å². The summed E-state index contributed by atoms with van der Waals surface area (Å²) in [6, 6.07) is 0. The summed E-state index contributed by atoms with van der Waals surface area (Å²) < 4.78 is 23.0. The molecular formula is C8H16O4PtSi4. The standard InChI is InChI=1S/C8H16O4Si4.Pt/c1-5-13-9-14(6-2)11-16(8-4)12-15(7-3)10-13;/h5-8,13-16H,1-4H2;. The molecular weight excluding hydrogens is 468 g/mol. The maximum absolute atomic E-state index is 5.74. The van der Waals surface area contributed by atoms with E-state index in [-0.39, 0.29) is 21.1 Å². The van der Waals surface area contributed by atoms with Crippen LogP contribution in [0.4, 0.5) is 0 Å². The van der Waals surface area contributed by atoms with Gasteiger partial charge in [0.25, 0.3) is 0 Å². The molecule has 0 spiro atoms.